The van der Waals surface area contributed by atoms with Crippen LogP contribution < -0.4 is 14.8 Å². The van der Waals surface area contributed by atoms with Crippen LogP contribution in [0.15, 0.2) is 42.7 Å². The Kier molecular flexibility index (Phi) is 9.63. The molecule has 0 amide bonds. The molecule has 1 N–H and O–H groups in total. The first kappa shape index (κ1) is 24.5. The lowest BCUT2D eigenvalue weighted by Crippen LogP contribution is -2.15. The molecule has 9 heteroatoms. The molecule has 31 heavy (non-hydrogen) atoms. The van der Waals surface area contributed by atoms with E-state index in [2.05, 4.69) is 21.2 Å². The van der Waals surface area contributed by atoms with E-state index in [4.69, 9.17) is 25.4 Å². The highest BCUT2D eigenvalue weighted by atomic mass is 35.5. The predicted octanol–water partition coefficient (Wildman–Crippen LogP) is 4.00. The van der Waals surface area contributed by atoms with Gasteiger partial charge in [-0.25, -0.2) is 9.97 Å². The average molecular weight is 464 g/mol. The van der Waals surface area contributed by atoms with Gasteiger partial charge >= 0.3 is 0 Å². The molecule has 7 nitrogen and oxygen atoms in total. The second-order valence-corrected chi connectivity index (χ2v) is 6.31. The van der Waals surface area contributed by atoms with Gasteiger partial charge < -0.3 is 24.3 Å². The molecule has 0 atom stereocenters. The molecule has 1 aromatic heterocycles. The second kappa shape index (κ2) is 12.2. The number of nitrogens with zero attached hydrogens (tertiary/aromatic N) is 2. The van der Waals surface area contributed by atoms with Gasteiger partial charge in [0.15, 0.2) is 11.5 Å². The van der Waals surface area contributed by atoms with Crippen molar-refractivity contribution in [3.05, 3.63) is 48.3 Å². The molecule has 1 aliphatic rings. The van der Waals surface area contributed by atoms with Crippen LogP contribution in [0.4, 0.5) is 11.5 Å². The molecule has 164 valence electrons. The Balaban J connectivity index is 0.00000171. The van der Waals surface area contributed by atoms with Gasteiger partial charge in [0, 0.05) is 22.7 Å². The van der Waals surface area contributed by atoms with Crippen LogP contribution in [-0.4, -0.2) is 49.6 Å². The van der Waals surface area contributed by atoms with Gasteiger partial charge in [-0.2, -0.15) is 0 Å². The average Bonchev–Trinajstić information content (AvgIpc) is 2.74. The Morgan fingerprint density at radius 1 is 0.839 bits per heavy atom. The van der Waals surface area contributed by atoms with Crippen LogP contribution in [0.2, 0.25) is 0 Å². The number of nitrogens with one attached hydrogen (secondary N) is 1. The van der Waals surface area contributed by atoms with Gasteiger partial charge in [0.25, 0.3) is 0 Å². The van der Waals surface area contributed by atoms with E-state index in [-0.39, 0.29) is 24.8 Å². The number of ether oxygens (including phenoxy) is 4. The van der Waals surface area contributed by atoms with Crippen LogP contribution in [0.3, 0.4) is 0 Å². The van der Waals surface area contributed by atoms with Gasteiger partial charge in [-0.05, 0) is 24.3 Å². The van der Waals surface area contributed by atoms with Gasteiger partial charge in [-0.15, -0.1) is 31.2 Å². The predicted molar refractivity (Wildman–Crippen MR) is 124 cm³/mol. The summed E-state index contributed by atoms with van der Waals surface area (Å²) in [6.45, 7) is 2.84. The van der Waals surface area contributed by atoms with Crippen molar-refractivity contribution in [2.75, 3.05) is 45.0 Å². The molecule has 0 aliphatic carbocycles. The van der Waals surface area contributed by atoms with Crippen molar-refractivity contribution >= 4 is 47.2 Å². The van der Waals surface area contributed by atoms with Crippen molar-refractivity contribution in [1.29, 1.82) is 0 Å². The standard InChI is InChI=1S/C22H21N3O4.2ClH/c1-2-16-4-3-5-17(12-16)25-22-18-13-20-21(14-19(18)23-15-24-22)29-11-9-27-7-6-26-8-10-28-20;;/h1,3-5,12-15H,6-11H2,(H,23,24,25);2*1H. The molecule has 3 aromatic rings. The fourth-order valence-electron chi connectivity index (χ4n) is 2.96. The lowest BCUT2D eigenvalue weighted by atomic mass is 10.2. The van der Waals surface area contributed by atoms with E-state index in [1.54, 1.807) is 0 Å². The third-order valence-electron chi connectivity index (χ3n) is 4.34. The molecule has 2 heterocycles. The van der Waals surface area contributed by atoms with E-state index < -0.39 is 0 Å². The summed E-state index contributed by atoms with van der Waals surface area (Å²) in [5, 5.41) is 4.12. The molecular weight excluding hydrogens is 441 g/mol. The fraction of sp³-hybridized carbons (Fsp3) is 0.273. The first-order chi connectivity index (χ1) is 14.3. The number of aromatic nitrogens is 2. The topological polar surface area (TPSA) is 74.7 Å². The lowest BCUT2D eigenvalue weighted by molar-refractivity contribution is 0.0224. The Labute approximate surface area is 193 Å². The molecule has 2 aromatic carbocycles. The monoisotopic (exact) mass is 463 g/mol. The van der Waals surface area contributed by atoms with Gasteiger partial charge in [0.2, 0.25) is 0 Å². The summed E-state index contributed by atoms with van der Waals surface area (Å²) in [6, 6.07) is 11.3. The maximum atomic E-state index is 5.91. The van der Waals surface area contributed by atoms with Gasteiger partial charge in [-0.3, -0.25) is 0 Å². The molecule has 0 bridgehead atoms. The van der Waals surface area contributed by atoms with E-state index in [9.17, 15) is 0 Å². The number of fused-ring (bicyclic) bond motifs is 2. The number of rotatable bonds is 2. The highest BCUT2D eigenvalue weighted by Gasteiger charge is 2.13. The summed E-state index contributed by atoms with van der Waals surface area (Å²) in [5.41, 5.74) is 2.37. The Bertz CT molecular complexity index is 1040. The largest absolute Gasteiger partial charge is 0.487 e. The van der Waals surface area contributed by atoms with Crippen LogP contribution in [-0.2, 0) is 9.47 Å². The molecule has 0 saturated heterocycles. The second-order valence-electron chi connectivity index (χ2n) is 6.31. The first-order valence-corrected chi connectivity index (χ1v) is 9.37. The molecule has 0 saturated carbocycles. The van der Waals surface area contributed by atoms with E-state index >= 15 is 0 Å². The van der Waals surface area contributed by atoms with E-state index in [0.29, 0.717) is 57.0 Å². The molecule has 0 fully saturated rings. The highest BCUT2D eigenvalue weighted by Crippen LogP contribution is 2.35. The van der Waals surface area contributed by atoms with E-state index in [1.165, 1.54) is 6.33 Å². The summed E-state index contributed by atoms with van der Waals surface area (Å²) in [7, 11) is 0. The maximum absolute atomic E-state index is 5.91. The first-order valence-electron chi connectivity index (χ1n) is 9.37. The van der Waals surface area contributed by atoms with Crippen molar-refractivity contribution in [2.24, 2.45) is 0 Å². The molecule has 0 spiro atoms. The Morgan fingerprint density at radius 2 is 1.52 bits per heavy atom. The van der Waals surface area contributed by atoms with Gasteiger partial charge in [0.05, 0.1) is 31.9 Å². The zero-order chi connectivity index (χ0) is 19.9. The summed E-state index contributed by atoms with van der Waals surface area (Å²) >= 11 is 0. The zero-order valence-electron chi connectivity index (χ0n) is 16.7. The molecule has 0 radical (unpaired) electrons. The van der Waals surface area contributed by atoms with Crippen molar-refractivity contribution in [3.63, 3.8) is 0 Å². The molecular formula is C22H23Cl2N3O4. The van der Waals surface area contributed by atoms with Gasteiger partial charge in [-0.1, -0.05) is 12.0 Å². The smallest absolute Gasteiger partial charge is 0.163 e. The van der Waals surface area contributed by atoms with Crippen LogP contribution in [0.1, 0.15) is 5.56 Å². The van der Waals surface area contributed by atoms with E-state index in [0.717, 1.165) is 22.2 Å². The molecule has 4 rings (SSSR count). The number of hydrogen-bond acceptors (Lipinski definition) is 7. The maximum Gasteiger partial charge on any atom is 0.163 e. The Morgan fingerprint density at radius 3 is 2.23 bits per heavy atom. The summed E-state index contributed by atoms with van der Waals surface area (Å²) < 4.78 is 22.7. The van der Waals surface area contributed by atoms with Crippen molar-refractivity contribution in [1.82, 2.24) is 9.97 Å². The van der Waals surface area contributed by atoms with Crippen molar-refractivity contribution in [2.45, 2.75) is 0 Å². The van der Waals surface area contributed by atoms with Crippen molar-refractivity contribution in [3.8, 4) is 23.8 Å². The number of halogens is 2. The van der Waals surface area contributed by atoms with Gasteiger partial charge in [0.1, 0.15) is 25.4 Å². The summed E-state index contributed by atoms with van der Waals surface area (Å²) in [6.07, 6.45) is 7.01. The number of terminal acetylenes is 1. The fourth-order valence-corrected chi connectivity index (χ4v) is 2.96. The minimum atomic E-state index is 0. The molecule has 0 unspecified atom stereocenters. The normalized spacial score (nSPS) is 14.0. The highest BCUT2D eigenvalue weighted by molar-refractivity contribution is 5.93. The molecule has 1 aliphatic heterocycles. The minimum absolute atomic E-state index is 0. The third kappa shape index (κ3) is 6.36. The van der Waals surface area contributed by atoms with Crippen LogP contribution in [0, 0.1) is 12.3 Å². The van der Waals surface area contributed by atoms with E-state index in [1.807, 2.05) is 36.4 Å². The van der Waals surface area contributed by atoms with Crippen LogP contribution in [0.25, 0.3) is 10.9 Å². The summed E-state index contributed by atoms with van der Waals surface area (Å²) in [4.78, 5) is 8.77. The number of benzene rings is 2. The van der Waals surface area contributed by atoms with Crippen molar-refractivity contribution < 1.29 is 18.9 Å². The van der Waals surface area contributed by atoms with Crippen LogP contribution >= 0.6 is 24.8 Å². The zero-order valence-corrected chi connectivity index (χ0v) is 18.3. The minimum Gasteiger partial charge on any atom is -0.487 e. The third-order valence-corrected chi connectivity index (χ3v) is 4.34. The quantitative estimate of drug-likeness (QED) is 0.575. The van der Waals surface area contributed by atoms with Crippen LogP contribution in [0.5, 0.6) is 11.5 Å². The number of hydrogen-bond donors (Lipinski definition) is 1. The Hall–Kier alpha value is -2.76. The SMILES string of the molecule is C#Cc1cccc(Nc2ncnc3cc4c(cc23)OCCOCCOCCO4)c1.Cl.Cl. The summed E-state index contributed by atoms with van der Waals surface area (Å²) in [5.74, 6) is 4.51. The lowest BCUT2D eigenvalue weighted by Gasteiger charge is -2.16. The number of anilines is 2.